The minimum atomic E-state index is -5.03. The highest BCUT2D eigenvalue weighted by Crippen LogP contribution is 2.37. The first-order valence-corrected chi connectivity index (χ1v) is 13.0. The van der Waals surface area contributed by atoms with Crippen LogP contribution in [0.4, 0.5) is 37.7 Å². The molecule has 1 aliphatic rings. The number of para-hydroxylation sites is 1. The Morgan fingerprint density at radius 1 is 0.868 bits per heavy atom. The van der Waals surface area contributed by atoms with Gasteiger partial charge < -0.3 is 5.32 Å². The van der Waals surface area contributed by atoms with E-state index in [2.05, 4.69) is 5.32 Å². The van der Waals surface area contributed by atoms with E-state index >= 15 is 0 Å². The second kappa shape index (κ2) is 10.3. The zero-order chi connectivity index (χ0) is 27.7. The number of nitrogens with one attached hydrogen (secondary N) is 1. The molecular weight excluding hydrogens is 534 g/mol. The van der Waals surface area contributed by atoms with Crippen LogP contribution in [0.25, 0.3) is 0 Å². The van der Waals surface area contributed by atoms with Crippen LogP contribution in [0.5, 0.6) is 0 Å². The fourth-order valence-electron chi connectivity index (χ4n) is 4.21. The van der Waals surface area contributed by atoms with Gasteiger partial charge in [0.25, 0.3) is 10.0 Å². The van der Waals surface area contributed by atoms with Crippen molar-refractivity contribution in [1.82, 2.24) is 0 Å². The highest BCUT2D eigenvalue weighted by molar-refractivity contribution is 7.92. The topological polar surface area (TPSA) is 66.5 Å². The minimum absolute atomic E-state index is 0.0201. The number of amides is 1. The number of fused-ring (bicyclic) bond motifs is 1. The van der Waals surface area contributed by atoms with Crippen molar-refractivity contribution >= 4 is 27.3 Å². The van der Waals surface area contributed by atoms with Gasteiger partial charge in [-0.2, -0.15) is 26.3 Å². The van der Waals surface area contributed by atoms with Crippen molar-refractivity contribution in [3.8, 4) is 0 Å². The zero-order valence-electron chi connectivity index (χ0n) is 19.7. The first kappa shape index (κ1) is 27.5. The van der Waals surface area contributed by atoms with Crippen LogP contribution in [0, 0.1) is 0 Å². The number of nitrogens with zero attached hydrogens (tertiary/aromatic N) is 1. The molecule has 0 spiro atoms. The third-order valence-corrected chi connectivity index (χ3v) is 7.92. The summed E-state index contributed by atoms with van der Waals surface area (Å²) in [4.78, 5) is 12.3. The van der Waals surface area contributed by atoms with E-state index in [1.165, 1.54) is 28.6 Å². The van der Waals surface area contributed by atoms with Gasteiger partial charge in [-0.05, 0) is 66.8 Å². The molecule has 0 atom stereocenters. The van der Waals surface area contributed by atoms with Crippen LogP contribution < -0.4 is 9.62 Å². The Balaban J connectivity index is 1.43. The fourth-order valence-corrected chi connectivity index (χ4v) is 5.75. The summed E-state index contributed by atoms with van der Waals surface area (Å²) in [5, 5.41) is 2.08. The third-order valence-electron chi connectivity index (χ3n) is 6.09. The van der Waals surface area contributed by atoms with Crippen molar-refractivity contribution in [3.63, 3.8) is 0 Å². The molecule has 3 aromatic rings. The van der Waals surface area contributed by atoms with Crippen molar-refractivity contribution in [2.75, 3.05) is 16.2 Å². The van der Waals surface area contributed by atoms with Gasteiger partial charge >= 0.3 is 12.4 Å². The molecule has 4 rings (SSSR count). The predicted molar refractivity (Wildman–Crippen MR) is 129 cm³/mol. The molecule has 0 unspecified atom stereocenters. The van der Waals surface area contributed by atoms with Crippen LogP contribution in [-0.4, -0.2) is 20.9 Å². The molecule has 1 aliphatic heterocycles. The van der Waals surface area contributed by atoms with Crippen molar-refractivity contribution in [2.24, 2.45) is 0 Å². The molecule has 0 bridgehead atoms. The van der Waals surface area contributed by atoms with Crippen LogP contribution in [0.2, 0.25) is 0 Å². The average Bonchev–Trinajstić information content (AvgIpc) is 2.86. The lowest BCUT2D eigenvalue weighted by Crippen LogP contribution is -2.35. The monoisotopic (exact) mass is 556 g/mol. The molecule has 202 valence electrons. The summed E-state index contributed by atoms with van der Waals surface area (Å²) >= 11 is 0. The van der Waals surface area contributed by atoms with E-state index in [0.29, 0.717) is 36.3 Å². The Hall–Kier alpha value is -3.54. The van der Waals surface area contributed by atoms with Crippen LogP contribution >= 0.6 is 0 Å². The summed E-state index contributed by atoms with van der Waals surface area (Å²) < 4.78 is 106. The lowest BCUT2D eigenvalue weighted by molar-refractivity contribution is -0.143. The first-order chi connectivity index (χ1) is 17.7. The Morgan fingerprint density at radius 2 is 1.47 bits per heavy atom. The minimum Gasteiger partial charge on any atom is -0.326 e. The Kier molecular flexibility index (Phi) is 7.46. The first-order valence-electron chi connectivity index (χ1n) is 11.5. The maximum absolute atomic E-state index is 13.2. The number of aryl methyl sites for hydroxylation is 2. The molecule has 3 aromatic carbocycles. The molecule has 0 saturated carbocycles. The number of sulfonamides is 1. The summed E-state index contributed by atoms with van der Waals surface area (Å²) in [6, 6.07) is 13.9. The van der Waals surface area contributed by atoms with Crippen molar-refractivity contribution in [1.29, 1.82) is 0 Å². The SMILES string of the molecule is O=C(CCc1ccc(S(=O)(=O)N2CCCc3ccccc32)cc1)Nc1cc(C(F)(F)F)cc(C(F)(F)F)c1. The van der Waals surface area contributed by atoms with E-state index in [-0.39, 0.29) is 23.8 Å². The molecule has 0 radical (unpaired) electrons. The molecule has 5 nitrogen and oxygen atoms in total. The molecule has 0 aromatic heterocycles. The number of halogens is 6. The van der Waals surface area contributed by atoms with Crippen LogP contribution in [-0.2, 0) is 40.0 Å². The predicted octanol–water partition coefficient (Wildman–Crippen LogP) is 6.44. The lowest BCUT2D eigenvalue weighted by atomic mass is 10.0. The second-order valence-electron chi connectivity index (χ2n) is 8.80. The number of anilines is 2. The van der Waals surface area contributed by atoms with E-state index in [4.69, 9.17) is 0 Å². The van der Waals surface area contributed by atoms with Gasteiger partial charge in [0.1, 0.15) is 0 Å². The zero-order valence-corrected chi connectivity index (χ0v) is 20.6. The Bertz CT molecular complexity index is 1400. The Labute approximate surface area is 215 Å². The molecule has 0 fully saturated rings. The standard InChI is InChI=1S/C26H22F6N2O3S/c27-25(28,29)19-14-20(26(30,31)32)16-21(15-19)33-24(35)12-9-17-7-10-22(11-8-17)38(36,37)34-13-3-5-18-4-1-2-6-23(18)34/h1-2,4,6-8,10-11,14-16H,3,5,9,12-13H2,(H,33,35). The largest absolute Gasteiger partial charge is 0.416 e. The molecule has 1 N–H and O–H groups in total. The van der Waals surface area contributed by atoms with Crippen molar-refractivity contribution < 1.29 is 39.6 Å². The number of benzene rings is 3. The van der Waals surface area contributed by atoms with Crippen LogP contribution in [0.15, 0.2) is 71.6 Å². The van der Waals surface area contributed by atoms with E-state index in [0.717, 1.165) is 12.0 Å². The maximum Gasteiger partial charge on any atom is 0.416 e. The molecule has 38 heavy (non-hydrogen) atoms. The number of alkyl halides is 6. The number of rotatable bonds is 6. The Morgan fingerprint density at radius 3 is 2.08 bits per heavy atom. The second-order valence-corrected chi connectivity index (χ2v) is 10.7. The van der Waals surface area contributed by atoms with Crippen molar-refractivity contribution in [2.45, 2.75) is 42.9 Å². The van der Waals surface area contributed by atoms with E-state index < -0.39 is 45.1 Å². The van der Waals surface area contributed by atoms with Crippen LogP contribution in [0.1, 0.15) is 35.1 Å². The van der Waals surface area contributed by atoms with Gasteiger partial charge in [-0.3, -0.25) is 9.10 Å². The van der Waals surface area contributed by atoms with Gasteiger partial charge in [0, 0.05) is 18.7 Å². The van der Waals surface area contributed by atoms with E-state index in [1.807, 2.05) is 12.1 Å². The normalized spacial score (nSPS) is 14.2. The van der Waals surface area contributed by atoms with Gasteiger partial charge in [-0.25, -0.2) is 8.42 Å². The summed E-state index contributed by atoms with van der Waals surface area (Å²) in [6.45, 7) is 0.340. The average molecular weight is 557 g/mol. The molecule has 12 heteroatoms. The summed E-state index contributed by atoms with van der Waals surface area (Å²) in [5.74, 6) is -0.793. The summed E-state index contributed by atoms with van der Waals surface area (Å²) in [5.41, 5.74) is -1.55. The maximum atomic E-state index is 13.2. The molecular formula is C26H22F6N2O3S. The molecule has 1 amide bonds. The van der Waals surface area contributed by atoms with E-state index in [9.17, 15) is 39.6 Å². The lowest BCUT2D eigenvalue weighted by Gasteiger charge is -2.30. The van der Waals surface area contributed by atoms with E-state index in [1.54, 1.807) is 12.1 Å². The number of carbonyl (C=O) groups excluding carboxylic acids is 1. The molecule has 1 heterocycles. The number of carbonyl (C=O) groups is 1. The van der Waals surface area contributed by atoms with Crippen LogP contribution in [0.3, 0.4) is 0 Å². The highest BCUT2D eigenvalue weighted by atomic mass is 32.2. The fraction of sp³-hybridized carbons (Fsp3) is 0.269. The van der Waals surface area contributed by atoms with Gasteiger partial charge in [-0.1, -0.05) is 30.3 Å². The number of hydrogen-bond acceptors (Lipinski definition) is 3. The molecule has 0 saturated heterocycles. The molecule has 0 aliphatic carbocycles. The van der Waals surface area contributed by atoms with Gasteiger partial charge in [0.2, 0.25) is 5.91 Å². The third kappa shape index (κ3) is 6.12. The highest BCUT2D eigenvalue weighted by Gasteiger charge is 2.37. The van der Waals surface area contributed by atoms with Gasteiger partial charge in [0.15, 0.2) is 0 Å². The van der Waals surface area contributed by atoms with Crippen molar-refractivity contribution in [3.05, 3.63) is 89.0 Å². The summed E-state index contributed by atoms with van der Waals surface area (Å²) in [6.07, 6.45) is -8.76. The quantitative estimate of drug-likeness (QED) is 0.356. The van der Waals surface area contributed by atoms with Gasteiger partial charge in [0.05, 0.1) is 21.7 Å². The number of hydrogen-bond donors (Lipinski definition) is 1. The van der Waals surface area contributed by atoms with Gasteiger partial charge in [-0.15, -0.1) is 0 Å². The summed E-state index contributed by atoms with van der Waals surface area (Å²) in [7, 11) is -3.83. The smallest absolute Gasteiger partial charge is 0.326 e.